The van der Waals surface area contributed by atoms with Crippen molar-refractivity contribution in [3.8, 4) is 0 Å². The van der Waals surface area contributed by atoms with E-state index in [1.165, 1.54) is 11.3 Å². The van der Waals surface area contributed by atoms with E-state index in [0.717, 1.165) is 21.3 Å². The van der Waals surface area contributed by atoms with Gasteiger partial charge in [-0.1, -0.05) is 47.7 Å². The number of anilines is 1. The van der Waals surface area contributed by atoms with Crippen LogP contribution in [0.1, 0.15) is 27.9 Å². The minimum Gasteiger partial charge on any atom is -0.450 e. The number of carbonyl (C=O) groups excluding carboxylic acids is 2. The van der Waals surface area contributed by atoms with Crippen molar-refractivity contribution in [1.82, 2.24) is 9.88 Å². The van der Waals surface area contributed by atoms with Gasteiger partial charge in [-0.05, 0) is 23.8 Å². The van der Waals surface area contributed by atoms with Gasteiger partial charge in [0.2, 0.25) is 0 Å². The van der Waals surface area contributed by atoms with E-state index >= 15 is 0 Å². The van der Waals surface area contributed by atoms with Crippen LogP contribution in [-0.2, 0) is 17.7 Å². The number of benzene rings is 2. The molecule has 2 amide bonds. The molecule has 1 aliphatic heterocycles. The van der Waals surface area contributed by atoms with Crippen LogP contribution in [0.3, 0.4) is 0 Å². The Bertz CT molecular complexity index is 1010. The third kappa shape index (κ3) is 3.50. The molecule has 27 heavy (non-hydrogen) atoms. The number of fused-ring (bicyclic) bond motifs is 2. The molecule has 2 aromatic carbocycles. The average Bonchev–Trinajstić information content (AvgIpc) is 3.09. The summed E-state index contributed by atoms with van der Waals surface area (Å²) in [6, 6.07) is 13.5. The third-order valence-electron chi connectivity index (χ3n) is 4.51. The van der Waals surface area contributed by atoms with Crippen molar-refractivity contribution < 1.29 is 14.3 Å². The summed E-state index contributed by atoms with van der Waals surface area (Å²) in [6.07, 6.45) is 0.354. The molecule has 1 aliphatic rings. The third-order valence-corrected chi connectivity index (χ3v) is 5.51. The number of thiazole rings is 1. The van der Waals surface area contributed by atoms with Gasteiger partial charge >= 0.3 is 6.09 Å². The molecular weight excluding hydrogens is 362 g/mol. The fourth-order valence-corrected chi connectivity index (χ4v) is 4.23. The van der Waals surface area contributed by atoms with Crippen LogP contribution in [-0.4, -0.2) is 35.0 Å². The SMILES string of the molecule is CCOC(=O)N1CCc2nc(NC(=O)c3cccc4ccccc34)sc2C1. The molecule has 0 saturated heterocycles. The maximum absolute atomic E-state index is 12.8. The Balaban J connectivity index is 1.53. The van der Waals surface area contributed by atoms with E-state index in [1.807, 2.05) is 42.5 Å². The van der Waals surface area contributed by atoms with Gasteiger partial charge in [-0.25, -0.2) is 9.78 Å². The van der Waals surface area contributed by atoms with Crippen LogP contribution in [0.2, 0.25) is 0 Å². The number of aromatic nitrogens is 1. The Morgan fingerprint density at radius 3 is 2.89 bits per heavy atom. The van der Waals surface area contributed by atoms with Crippen LogP contribution < -0.4 is 5.32 Å². The Labute approximate surface area is 160 Å². The minimum absolute atomic E-state index is 0.180. The van der Waals surface area contributed by atoms with E-state index in [0.29, 0.717) is 36.8 Å². The summed E-state index contributed by atoms with van der Waals surface area (Å²) in [4.78, 5) is 31.9. The maximum atomic E-state index is 12.8. The van der Waals surface area contributed by atoms with Gasteiger partial charge in [0.1, 0.15) is 0 Å². The standard InChI is InChI=1S/C20H19N3O3S/c1-2-26-20(25)23-11-10-16-17(12-23)27-19(21-16)22-18(24)15-9-5-7-13-6-3-4-8-14(13)15/h3-9H,2,10-12H2,1H3,(H,21,22,24). The lowest BCUT2D eigenvalue weighted by Crippen LogP contribution is -2.35. The highest BCUT2D eigenvalue weighted by Gasteiger charge is 2.25. The lowest BCUT2D eigenvalue weighted by atomic mass is 10.0. The number of rotatable bonds is 3. The number of nitrogens with zero attached hydrogens (tertiary/aromatic N) is 2. The van der Waals surface area contributed by atoms with Crippen LogP contribution in [0.4, 0.5) is 9.93 Å². The van der Waals surface area contributed by atoms with Gasteiger partial charge in [0.25, 0.3) is 5.91 Å². The topological polar surface area (TPSA) is 71.5 Å². The summed E-state index contributed by atoms with van der Waals surface area (Å²) in [5.74, 6) is -0.180. The van der Waals surface area contributed by atoms with E-state index in [1.54, 1.807) is 11.8 Å². The Morgan fingerprint density at radius 1 is 1.22 bits per heavy atom. The number of carbonyl (C=O) groups is 2. The molecule has 138 valence electrons. The molecule has 0 atom stereocenters. The fourth-order valence-electron chi connectivity index (χ4n) is 3.21. The number of hydrogen-bond donors (Lipinski definition) is 1. The van der Waals surface area contributed by atoms with Crippen molar-refractivity contribution in [3.05, 3.63) is 58.6 Å². The molecule has 0 fully saturated rings. The highest BCUT2D eigenvalue weighted by Crippen LogP contribution is 2.29. The molecule has 0 unspecified atom stereocenters. The van der Waals surface area contributed by atoms with E-state index < -0.39 is 0 Å². The lowest BCUT2D eigenvalue weighted by molar-refractivity contribution is 0.102. The van der Waals surface area contributed by atoms with Crippen LogP contribution in [0, 0.1) is 0 Å². The lowest BCUT2D eigenvalue weighted by Gasteiger charge is -2.24. The predicted octanol–water partition coefficient (Wildman–Crippen LogP) is 4.06. The van der Waals surface area contributed by atoms with Gasteiger partial charge in [-0.2, -0.15) is 0 Å². The summed E-state index contributed by atoms with van der Waals surface area (Å²) < 4.78 is 5.07. The number of hydrogen-bond acceptors (Lipinski definition) is 5. The molecule has 4 rings (SSSR count). The molecule has 1 aromatic heterocycles. The number of nitrogens with one attached hydrogen (secondary N) is 1. The van der Waals surface area contributed by atoms with Gasteiger partial charge in [0.05, 0.1) is 18.8 Å². The van der Waals surface area contributed by atoms with Gasteiger partial charge in [-0.15, -0.1) is 0 Å². The Kier molecular flexibility index (Phi) is 4.77. The molecule has 3 aromatic rings. The summed E-state index contributed by atoms with van der Waals surface area (Å²) in [5, 5.41) is 5.40. The van der Waals surface area contributed by atoms with Gasteiger partial charge in [0, 0.05) is 23.4 Å². The van der Waals surface area contributed by atoms with Crippen molar-refractivity contribution in [2.75, 3.05) is 18.5 Å². The zero-order valence-electron chi connectivity index (χ0n) is 14.9. The summed E-state index contributed by atoms with van der Waals surface area (Å²) in [6.45, 7) is 3.19. The zero-order chi connectivity index (χ0) is 18.8. The van der Waals surface area contributed by atoms with Crippen molar-refractivity contribution >= 4 is 39.2 Å². The minimum atomic E-state index is -0.308. The predicted molar refractivity (Wildman–Crippen MR) is 105 cm³/mol. The molecule has 6 nitrogen and oxygen atoms in total. The highest BCUT2D eigenvalue weighted by molar-refractivity contribution is 7.15. The van der Waals surface area contributed by atoms with E-state index in [2.05, 4.69) is 10.3 Å². The van der Waals surface area contributed by atoms with Crippen LogP contribution in [0.15, 0.2) is 42.5 Å². The molecule has 0 spiro atoms. The Morgan fingerprint density at radius 2 is 2.04 bits per heavy atom. The van der Waals surface area contributed by atoms with E-state index in [9.17, 15) is 9.59 Å². The molecule has 0 saturated carbocycles. The smallest absolute Gasteiger partial charge is 0.410 e. The molecule has 0 radical (unpaired) electrons. The second-order valence-electron chi connectivity index (χ2n) is 6.24. The van der Waals surface area contributed by atoms with Gasteiger partial charge in [0.15, 0.2) is 5.13 Å². The van der Waals surface area contributed by atoms with E-state index in [-0.39, 0.29) is 12.0 Å². The second-order valence-corrected chi connectivity index (χ2v) is 7.32. The van der Waals surface area contributed by atoms with Crippen LogP contribution >= 0.6 is 11.3 Å². The van der Waals surface area contributed by atoms with Crippen LogP contribution in [0.5, 0.6) is 0 Å². The Hall–Kier alpha value is -2.93. The largest absolute Gasteiger partial charge is 0.450 e. The quantitative estimate of drug-likeness (QED) is 0.743. The van der Waals surface area contributed by atoms with Crippen molar-refractivity contribution in [1.29, 1.82) is 0 Å². The van der Waals surface area contributed by atoms with Crippen LogP contribution in [0.25, 0.3) is 10.8 Å². The van der Waals surface area contributed by atoms with Crippen molar-refractivity contribution in [2.24, 2.45) is 0 Å². The molecular formula is C20H19N3O3S. The summed E-state index contributed by atoms with van der Waals surface area (Å²) in [5.41, 5.74) is 1.56. The first-order chi connectivity index (χ1) is 13.2. The average molecular weight is 381 g/mol. The molecule has 2 heterocycles. The molecule has 7 heteroatoms. The first-order valence-corrected chi connectivity index (χ1v) is 9.66. The zero-order valence-corrected chi connectivity index (χ0v) is 15.7. The fraction of sp³-hybridized carbons (Fsp3) is 0.250. The van der Waals surface area contributed by atoms with E-state index in [4.69, 9.17) is 4.74 Å². The first-order valence-electron chi connectivity index (χ1n) is 8.85. The summed E-state index contributed by atoms with van der Waals surface area (Å²) >= 11 is 1.41. The maximum Gasteiger partial charge on any atom is 0.410 e. The molecule has 0 aliphatic carbocycles. The molecule has 0 bridgehead atoms. The summed E-state index contributed by atoms with van der Waals surface area (Å²) in [7, 11) is 0. The number of ether oxygens (including phenoxy) is 1. The second kappa shape index (κ2) is 7.36. The van der Waals surface area contributed by atoms with Gasteiger partial charge < -0.3 is 9.64 Å². The normalized spacial score (nSPS) is 13.3. The first kappa shape index (κ1) is 17.5. The van der Waals surface area contributed by atoms with Crippen molar-refractivity contribution in [3.63, 3.8) is 0 Å². The van der Waals surface area contributed by atoms with Crippen molar-refractivity contribution in [2.45, 2.75) is 19.9 Å². The molecule has 1 N–H and O–H groups in total. The highest BCUT2D eigenvalue weighted by atomic mass is 32.1. The number of amides is 2. The van der Waals surface area contributed by atoms with Gasteiger partial charge in [-0.3, -0.25) is 10.1 Å². The monoisotopic (exact) mass is 381 g/mol.